The molecule has 0 unspecified atom stereocenters. The van der Waals surface area contributed by atoms with Crippen LogP contribution in [0.1, 0.15) is 17.3 Å². The first-order valence-electron chi connectivity index (χ1n) is 5.76. The number of anilines is 1. The number of carboxylic acid groups (broad SMARTS) is 1. The number of nitrogens with two attached hydrogens (primary N) is 1. The van der Waals surface area contributed by atoms with Crippen LogP contribution in [-0.4, -0.2) is 47.3 Å². The van der Waals surface area contributed by atoms with Gasteiger partial charge in [-0.2, -0.15) is 0 Å². The van der Waals surface area contributed by atoms with Crippen molar-refractivity contribution < 1.29 is 19.4 Å². The molecule has 1 saturated heterocycles. The number of primary amides is 1. The molecule has 19 heavy (non-hydrogen) atoms. The molecule has 0 radical (unpaired) electrons. The lowest BCUT2D eigenvalue weighted by molar-refractivity contribution is -0.150. The molecule has 1 aromatic rings. The van der Waals surface area contributed by atoms with Gasteiger partial charge in [0, 0.05) is 24.8 Å². The van der Waals surface area contributed by atoms with Crippen LogP contribution in [0.5, 0.6) is 0 Å². The Bertz CT molecular complexity index is 511. The standard InChI is InChI=1S/C12H15N3O4/c1-12(19-5-10(16)17)6-15(7-12)9-4-8(11(13)18)2-3-14-9/h2-4H,5-7H2,1H3,(H2,13,18)(H,16,17). The molecule has 1 aliphatic heterocycles. The van der Waals surface area contributed by atoms with E-state index in [1.165, 1.54) is 6.20 Å². The Morgan fingerprint density at radius 1 is 1.58 bits per heavy atom. The molecular formula is C12H15N3O4. The minimum Gasteiger partial charge on any atom is -0.480 e. The van der Waals surface area contributed by atoms with Gasteiger partial charge in [0.1, 0.15) is 18.0 Å². The van der Waals surface area contributed by atoms with Crippen LogP contribution in [0.2, 0.25) is 0 Å². The normalized spacial score (nSPS) is 16.8. The highest BCUT2D eigenvalue weighted by atomic mass is 16.5. The Morgan fingerprint density at radius 3 is 2.84 bits per heavy atom. The van der Waals surface area contributed by atoms with E-state index in [0.29, 0.717) is 24.5 Å². The summed E-state index contributed by atoms with van der Waals surface area (Å²) in [6.07, 6.45) is 1.52. The third-order valence-corrected chi connectivity index (χ3v) is 2.95. The van der Waals surface area contributed by atoms with Crippen LogP contribution < -0.4 is 10.6 Å². The highest BCUT2D eigenvalue weighted by Crippen LogP contribution is 2.29. The summed E-state index contributed by atoms with van der Waals surface area (Å²) in [5.74, 6) is -0.865. The average Bonchev–Trinajstić information content (AvgIpc) is 2.33. The first-order valence-corrected chi connectivity index (χ1v) is 5.76. The van der Waals surface area contributed by atoms with E-state index < -0.39 is 17.5 Å². The lowest BCUT2D eigenvalue weighted by atomic mass is 9.96. The SMILES string of the molecule is CC1(OCC(=O)O)CN(c2cc(C(N)=O)ccn2)C1. The molecule has 1 aliphatic rings. The summed E-state index contributed by atoms with van der Waals surface area (Å²) >= 11 is 0. The maximum atomic E-state index is 11.1. The summed E-state index contributed by atoms with van der Waals surface area (Å²) in [5, 5.41) is 8.57. The highest BCUT2D eigenvalue weighted by Gasteiger charge is 2.41. The fourth-order valence-corrected chi connectivity index (χ4v) is 2.00. The van der Waals surface area contributed by atoms with Crippen molar-refractivity contribution in [2.75, 3.05) is 24.6 Å². The molecule has 7 heteroatoms. The van der Waals surface area contributed by atoms with Gasteiger partial charge < -0.3 is 20.5 Å². The van der Waals surface area contributed by atoms with E-state index in [1.54, 1.807) is 12.1 Å². The Morgan fingerprint density at radius 2 is 2.26 bits per heavy atom. The van der Waals surface area contributed by atoms with Crippen molar-refractivity contribution >= 4 is 17.7 Å². The van der Waals surface area contributed by atoms with Crippen molar-refractivity contribution in [2.45, 2.75) is 12.5 Å². The van der Waals surface area contributed by atoms with Gasteiger partial charge in [-0.1, -0.05) is 0 Å². The molecule has 1 amide bonds. The number of carbonyl (C=O) groups is 2. The fourth-order valence-electron chi connectivity index (χ4n) is 2.00. The molecule has 0 bridgehead atoms. The van der Waals surface area contributed by atoms with E-state index in [9.17, 15) is 9.59 Å². The van der Waals surface area contributed by atoms with Gasteiger partial charge in [0.15, 0.2) is 0 Å². The third-order valence-electron chi connectivity index (χ3n) is 2.95. The Kier molecular flexibility index (Phi) is 3.39. The number of hydrogen-bond donors (Lipinski definition) is 2. The number of carbonyl (C=O) groups excluding carboxylic acids is 1. The van der Waals surface area contributed by atoms with Crippen molar-refractivity contribution in [1.82, 2.24) is 4.98 Å². The van der Waals surface area contributed by atoms with Crippen LogP contribution in [0.3, 0.4) is 0 Å². The molecule has 0 atom stereocenters. The van der Waals surface area contributed by atoms with Gasteiger partial charge in [0.25, 0.3) is 0 Å². The zero-order valence-electron chi connectivity index (χ0n) is 10.5. The van der Waals surface area contributed by atoms with E-state index in [0.717, 1.165) is 0 Å². The van der Waals surface area contributed by atoms with Crippen LogP contribution >= 0.6 is 0 Å². The van der Waals surface area contributed by atoms with E-state index in [2.05, 4.69) is 4.98 Å². The van der Waals surface area contributed by atoms with Gasteiger partial charge in [0.05, 0.1) is 0 Å². The molecule has 0 aromatic carbocycles. The summed E-state index contributed by atoms with van der Waals surface area (Å²) in [4.78, 5) is 27.6. The molecular weight excluding hydrogens is 250 g/mol. The molecule has 1 fully saturated rings. The molecule has 102 valence electrons. The van der Waals surface area contributed by atoms with Gasteiger partial charge >= 0.3 is 5.97 Å². The van der Waals surface area contributed by atoms with Crippen LogP contribution in [0.4, 0.5) is 5.82 Å². The zero-order valence-corrected chi connectivity index (χ0v) is 10.5. The third kappa shape index (κ3) is 3.00. The van der Waals surface area contributed by atoms with Crippen LogP contribution in [0.25, 0.3) is 0 Å². The van der Waals surface area contributed by atoms with E-state index in [1.807, 2.05) is 11.8 Å². The molecule has 0 saturated carbocycles. The lowest BCUT2D eigenvalue weighted by Gasteiger charge is -2.47. The highest BCUT2D eigenvalue weighted by molar-refractivity contribution is 5.93. The fraction of sp³-hybridized carbons (Fsp3) is 0.417. The van der Waals surface area contributed by atoms with Gasteiger partial charge in [0.2, 0.25) is 5.91 Å². The number of ether oxygens (including phenoxy) is 1. The molecule has 2 heterocycles. The van der Waals surface area contributed by atoms with Gasteiger partial charge in [-0.15, -0.1) is 0 Å². The minimum atomic E-state index is -0.992. The predicted molar refractivity (Wildman–Crippen MR) is 67.0 cm³/mol. The second-order valence-corrected chi connectivity index (χ2v) is 4.76. The average molecular weight is 265 g/mol. The van der Waals surface area contributed by atoms with E-state index in [4.69, 9.17) is 15.6 Å². The van der Waals surface area contributed by atoms with Crippen molar-refractivity contribution in [3.8, 4) is 0 Å². The summed E-state index contributed by atoms with van der Waals surface area (Å²) in [5.41, 5.74) is 5.10. The van der Waals surface area contributed by atoms with Gasteiger partial charge in [-0.3, -0.25) is 4.79 Å². The number of carboxylic acids is 1. The molecule has 3 N–H and O–H groups in total. The van der Waals surface area contributed by atoms with Crippen LogP contribution in [-0.2, 0) is 9.53 Å². The van der Waals surface area contributed by atoms with Crippen molar-refractivity contribution in [3.05, 3.63) is 23.9 Å². The number of pyridine rings is 1. The Labute approximate surface area is 110 Å². The van der Waals surface area contributed by atoms with Crippen LogP contribution in [0, 0.1) is 0 Å². The quantitative estimate of drug-likeness (QED) is 0.767. The molecule has 7 nitrogen and oxygen atoms in total. The van der Waals surface area contributed by atoms with Gasteiger partial charge in [-0.05, 0) is 19.1 Å². The summed E-state index contributed by atoms with van der Waals surface area (Å²) in [6, 6.07) is 3.16. The maximum absolute atomic E-state index is 11.1. The summed E-state index contributed by atoms with van der Waals surface area (Å²) in [6.45, 7) is 2.56. The van der Waals surface area contributed by atoms with E-state index >= 15 is 0 Å². The maximum Gasteiger partial charge on any atom is 0.329 e. The summed E-state index contributed by atoms with van der Waals surface area (Å²) < 4.78 is 5.30. The molecule has 1 aromatic heterocycles. The van der Waals surface area contributed by atoms with Crippen LogP contribution in [0.15, 0.2) is 18.3 Å². The number of aliphatic carboxylic acids is 1. The topological polar surface area (TPSA) is 106 Å². The Hall–Kier alpha value is -2.15. The molecule has 2 rings (SSSR count). The number of aromatic nitrogens is 1. The van der Waals surface area contributed by atoms with E-state index in [-0.39, 0.29) is 6.61 Å². The smallest absolute Gasteiger partial charge is 0.329 e. The van der Waals surface area contributed by atoms with Crippen molar-refractivity contribution in [1.29, 1.82) is 0 Å². The monoisotopic (exact) mass is 265 g/mol. The second kappa shape index (κ2) is 4.85. The first kappa shape index (κ1) is 13.3. The predicted octanol–water partition coefficient (Wildman–Crippen LogP) is -0.140. The number of amides is 1. The van der Waals surface area contributed by atoms with Crippen molar-refractivity contribution in [3.63, 3.8) is 0 Å². The number of nitrogens with zero attached hydrogens (tertiary/aromatic N) is 2. The molecule has 0 aliphatic carbocycles. The lowest BCUT2D eigenvalue weighted by Crippen LogP contribution is -2.62. The number of hydrogen-bond acceptors (Lipinski definition) is 5. The number of rotatable bonds is 5. The summed E-state index contributed by atoms with van der Waals surface area (Å²) in [7, 11) is 0. The first-order chi connectivity index (χ1) is 8.89. The zero-order chi connectivity index (χ0) is 14.0. The minimum absolute atomic E-state index is 0.320. The Balaban J connectivity index is 1.98. The van der Waals surface area contributed by atoms with Gasteiger partial charge in [-0.25, -0.2) is 9.78 Å². The molecule has 0 spiro atoms. The van der Waals surface area contributed by atoms with Crippen molar-refractivity contribution in [2.24, 2.45) is 5.73 Å². The second-order valence-electron chi connectivity index (χ2n) is 4.76. The largest absolute Gasteiger partial charge is 0.480 e.